The Hall–Kier alpha value is -2.29. The molecule has 0 saturated carbocycles. The highest BCUT2D eigenvalue weighted by atomic mass is 14.7. The maximum absolute atomic E-state index is 4.64. The minimum Gasteiger partial charge on any atom is -0.264 e. The average Bonchev–Trinajstić information content (AvgIpc) is 2.39. The molecular formula is C15H13N3. The first kappa shape index (κ1) is 10.8. The van der Waals surface area contributed by atoms with Gasteiger partial charge in [0.25, 0.3) is 0 Å². The molecule has 3 heteroatoms. The Labute approximate surface area is 106 Å². The highest BCUT2D eigenvalue weighted by Crippen LogP contribution is 2.13. The topological polar surface area (TPSA) is 38.7 Å². The summed E-state index contributed by atoms with van der Waals surface area (Å²) in [5.41, 5.74) is 4.34. The lowest BCUT2D eigenvalue weighted by Gasteiger charge is -2.03. The summed E-state index contributed by atoms with van der Waals surface area (Å²) in [6.07, 6.45) is 6.29. The van der Waals surface area contributed by atoms with Crippen molar-refractivity contribution >= 4 is 10.9 Å². The molecule has 0 amide bonds. The fraction of sp³-hybridized carbons (Fsp3) is 0.133. The molecule has 3 aromatic heterocycles. The van der Waals surface area contributed by atoms with Gasteiger partial charge in [0, 0.05) is 41.8 Å². The molecule has 0 N–H and O–H groups in total. The standard InChI is InChI=1S/C15H13N3/c1-11-8-12(4-7-17-11)9-14-3-2-13-10-16-6-5-15(13)18-14/h2-8,10H,9H2,1H3. The number of rotatable bonds is 2. The molecule has 0 spiro atoms. The third-order valence-electron chi connectivity index (χ3n) is 2.89. The van der Waals surface area contributed by atoms with E-state index in [9.17, 15) is 0 Å². The van der Waals surface area contributed by atoms with Crippen molar-refractivity contribution in [2.75, 3.05) is 0 Å². The maximum Gasteiger partial charge on any atom is 0.0736 e. The first-order valence-electron chi connectivity index (χ1n) is 5.92. The van der Waals surface area contributed by atoms with Gasteiger partial charge in [-0.1, -0.05) is 0 Å². The number of pyridine rings is 3. The van der Waals surface area contributed by atoms with E-state index >= 15 is 0 Å². The van der Waals surface area contributed by atoms with Crippen LogP contribution in [0.5, 0.6) is 0 Å². The normalized spacial score (nSPS) is 10.7. The third kappa shape index (κ3) is 2.20. The van der Waals surface area contributed by atoms with Crippen LogP contribution in [0.3, 0.4) is 0 Å². The molecule has 0 atom stereocenters. The monoisotopic (exact) mass is 235 g/mol. The molecule has 0 aliphatic carbocycles. The van der Waals surface area contributed by atoms with Gasteiger partial charge in [0.15, 0.2) is 0 Å². The molecule has 0 unspecified atom stereocenters. The van der Waals surface area contributed by atoms with Crippen molar-refractivity contribution in [1.82, 2.24) is 15.0 Å². The van der Waals surface area contributed by atoms with Crippen LogP contribution in [0, 0.1) is 6.92 Å². The van der Waals surface area contributed by atoms with Crippen LogP contribution in [-0.2, 0) is 6.42 Å². The molecule has 3 nitrogen and oxygen atoms in total. The zero-order valence-electron chi connectivity index (χ0n) is 10.2. The molecule has 0 aromatic carbocycles. The summed E-state index contributed by atoms with van der Waals surface area (Å²) in [6.45, 7) is 2.00. The molecule has 3 aromatic rings. The minimum atomic E-state index is 0.835. The van der Waals surface area contributed by atoms with Crippen molar-refractivity contribution in [3.63, 3.8) is 0 Å². The van der Waals surface area contributed by atoms with Crippen molar-refractivity contribution in [3.8, 4) is 0 Å². The Morgan fingerprint density at radius 1 is 1.06 bits per heavy atom. The maximum atomic E-state index is 4.64. The van der Waals surface area contributed by atoms with Gasteiger partial charge in [-0.2, -0.15) is 0 Å². The van der Waals surface area contributed by atoms with E-state index in [2.05, 4.69) is 33.2 Å². The van der Waals surface area contributed by atoms with Crippen molar-refractivity contribution < 1.29 is 0 Å². The molecule has 0 aliphatic rings. The Morgan fingerprint density at radius 3 is 2.89 bits per heavy atom. The largest absolute Gasteiger partial charge is 0.264 e. The number of hydrogen-bond donors (Lipinski definition) is 0. The third-order valence-corrected chi connectivity index (χ3v) is 2.89. The van der Waals surface area contributed by atoms with Crippen molar-refractivity contribution in [1.29, 1.82) is 0 Å². The number of aromatic nitrogens is 3. The SMILES string of the molecule is Cc1cc(Cc2ccc3cnccc3n2)ccn1. The van der Waals surface area contributed by atoms with E-state index in [1.807, 2.05) is 31.5 Å². The summed E-state index contributed by atoms with van der Waals surface area (Å²) in [4.78, 5) is 12.9. The van der Waals surface area contributed by atoms with Gasteiger partial charge >= 0.3 is 0 Å². The number of hydrogen-bond acceptors (Lipinski definition) is 3. The number of aryl methyl sites for hydroxylation is 1. The lowest BCUT2D eigenvalue weighted by Crippen LogP contribution is -1.94. The summed E-state index contributed by atoms with van der Waals surface area (Å²) in [7, 11) is 0. The molecule has 0 radical (unpaired) electrons. The van der Waals surface area contributed by atoms with Crippen molar-refractivity contribution in [2.24, 2.45) is 0 Å². The van der Waals surface area contributed by atoms with Gasteiger partial charge in [-0.3, -0.25) is 15.0 Å². The van der Waals surface area contributed by atoms with Crippen molar-refractivity contribution in [2.45, 2.75) is 13.3 Å². The van der Waals surface area contributed by atoms with Gasteiger partial charge in [0.2, 0.25) is 0 Å². The summed E-state index contributed by atoms with van der Waals surface area (Å²) >= 11 is 0. The smallest absolute Gasteiger partial charge is 0.0736 e. The summed E-state index contributed by atoms with van der Waals surface area (Å²) < 4.78 is 0. The fourth-order valence-electron chi connectivity index (χ4n) is 2.03. The molecule has 18 heavy (non-hydrogen) atoms. The molecular weight excluding hydrogens is 222 g/mol. The van der Waals surface area contributed by atoms with Crippen LogP contribution in [-0.4, -0.2) is 15.0 Å². The second kappa shape index (κ2) is 4.53. The molecule has 0 fully saturated rings. The predicted octanol–water partition coefficient (Wildman–Crippen LogP) is 2.92. The highest BCUT2D eigenvalue weighted by molar-refractivity contribution is 5.77. The van der Waals surface area contributed by atoms with Gasteiger partial charge < -0.3 is 0 Å². The first-order chi connectivity index (χ1) is 8.81. The van der Waals surface area contributed by atoms with Gasteiger partial charge in [0.1, 0.15) is 0 Å². The molecule has 3 heterocycles. The minimum absolute atomic E-state index is 0.835. The zero-order valence-corrected chi connectivity index (χ0v) is 10.2. The lowest BCUT2D eigenvalue weighted by molar-refractivity contribution is 1.07. The zero-order chi connectivity index (χ0) is 12.4. The summed E-state index contributed by atoms with van der Waals surface area (Å²) in [5.74, 6) is 0. The summed E-state index contributed by atoms with van der Waals surface area (Å²) in [6, 6.07) is 10.2. The van der Waals surface area contributed by atoms with E-state index in [1.165, 1.54) is 5.56 Å². The Kier molecular flexibility index (Phi) is 2.73. The second-order valence-corrected chi connectivity index (χ2v) is 4.35. The molecule has 88 valence electrons. The average molecular weight is 235 g/mol. The van der Waals surface area contributed by atoms with Crippen LogP contribution in [0.2, 0.25) is 0 Å². The molecule has 0 aliphatic heterocycles. The quantitative estimate of drug-likeness (QED) is 0.685. The van der Waals surface area contributed by atoms with Crippen LogP contribution in [0.25, 0.3) is 10.9 Å². The lowest BCUT2D eigenvalue weighted by atomic mass is 10.1. The number of nitrogens with zero attached hydrogens (tertiary/aromatic N) is 3. The van der Waals surface area contributed by atoms with E-state index in [0.29, 0.717) is 0 Å². The van der Waals surface area contributed by atoms with E-state index in [0.717, 1.165) is 28.7 Å². The second-order valence-electron chi connectivity index (χ2n) is 4.35. The first-order valence-corrected chi connectivity index (χ1v) is 5.92. The van der Waals surface area contributed by atoms with Crippen LogP contribution >= 0.6 is 0 Å². The van der Waals surface area contributed by atoms with Crippen LogP contribution in [0.15, 0.2) is 48.9 Å². The van der Waals surface area contributed by atoms with Crippen LogP contribution in [0.1, 0.15) is 17.0 Å². The van der Waals surface area contributed by atoms with Crippen LogP contribution in [0.4, 0.5) is 0 Å². The Morgan fingerprint density at radius 2 is 2.00 bits per heavy atom. The van der Waals surface area contributed by atoms with E-state index in [4.69, 9.17) is 0 Å². The molecule has 0 bridgehead atoms. The Balaban J connectivity index is 1.95. The number of fused-ring (bicyclic) bond motifs is 1. The molecule has 3 rings (SSSR count). The fourth-order valence-corrected chi connectivity index (χ4v) is 2.03. The van der Waals surface area contributed by atoms with Gasteiger partial charge in [-0.15, -0.1) is 0 Å². The van der Waals surface area contributed by atoms with E-state index in [1.54, 1.807) is 6.20 Å². The highest BCUT2D eigenvalue weighted by Gasteiger charge is 2.00. The van der Waals surface area contributed by atoms with Gasteiger partial charge in [-0.05, 0) is 42.8 Å². The van der Waals surface area contributed by atoms with Crippen LogP contribution < -0.4 is 0 Å². The van der Waals surface area contributed by atoms with Crippen molar-refractivity contribution in [3.05, 3.63) is 65.9 Å². The molecule has 0 saturated heterocycles. The van der Waals surface area contributed by atoms with E-state index in [-0.39, 0.29) is 0 Å². The summed E-state index contributed by atoms with van der Waals surface area (Å²) in [5, 5.41) is 1.08. The van der Waals surface area contributed by atoms with Gasteiger partial charge in [-0.25, -0.2) is 0 Å². The Bertz CT molecular complexity index is 692. The van der Waals surface area contributed by atoms with Gasteiger partial charge in [0.05, 0.1) is 5.52 Å². The predicted molar refractivity (Wildman–Crippen MR) is 71.3 cm³/mol. The van der Waals surface area contributed by atoms with E-state index < -0.39 is 0 Å².